The number of carbonyl (C=O) groups is 2. The van der Waals surface area contributed by atoms with E-state index in [0.717, 1.165) is 16.9 Å². The maximum atomic E-state index is 12.0. The zero-order chi connectivity index (χ0) is 16.9. The Hall–Kier alpha value is -2.86. The number of amides is 2. The molecule has 24 heavy (non-hydrogen) atoms. The lowest BCUT2D eigenvalue weighted by molar-refractivity contribution is -0.114. The van der Waals surface area contributed by atoms with Crippen LogP contribution in [0.2, 0.25) is 0 Å². The molecule has 3 rings (SSSR count). The second-order valence-electron chi connectivity index (χ2n) is 5.13. The average Bonchev–Trinajstić information content (AvgIpc) is 2.89. The van der Waals surface area contributed by atoms with Gasteiger partial charge in [-0.15, -0.1) is 0 Å². The van der Waals surface area contributed by atoms with E-state index in [0.29, 0.717) is 10.1 Å². The lowest BCUT2D eigenvalue weighted by atomic mass is 10.2. The van der Waals surface area contributed by atoms with E-state index in [2.05, 4.69) is 15.6 Å². The molecule has 0 unspecified atom stereocenters. The fraction of sp³-hybridized carbons (Fsp3) is 0.0556. The van der Waals surface area contributed by atoms with Crippen molar-refractivity contribution in [2.45, 2.75) is 6.92 Å². The van der Waals surface area contributed by atoms with E-state index in [-0.39, 0.29) is 11.8 Å². The van der Waals surface area contributed by atoms with Crippen LogP contribution < -0.4 is 10.6 Å². The van der Waals surface area contributed by atoms with Gasteiger partial charge in [-0.3, -0.25) is 9.59 Å². The van der Waals surface area contributed by atoms with Crippen molar-refractivity contribution in [3.63, 3.8) is 0 Å². The minimum atomic E-state index is -0.260. The molecule has 2 aromatic carbocycles. The van der Waals surface area contributed by atoms with Crippen LogP contribution in [0.5, 0.6) is 0 Å². The number of amidine groups is 1. The van der Waals surface area contributed by atoms with Crippen LogP contribution in [0.4, 0.5) is 11.4 Å². The summed E-state index contributed by atoms with van der Waals surface area (Å²) in [5, 5.41) is 6.39. The molecule has 5 nitrogen and oxygen atoms in total. The summed E-state index contributed by atoms with van der Waals surface area (Å²) in [7, 11) is 0. The van der Waals surface area contributed by atoms with Crippen molar-refractivity contribution in [2.75, 3.05) is 10.6 Å². The van der Waals surface area contributed by atoms with Crippen molar-refractivity contribution >= 4 is 46.2 Å². The van der Waals surface area contributed by atoms with E-state index < -0.39 is 0 Å². The standard InChI is InChI=1S/C18H15N3O2S/c1-12(22)19-15-9-7-13(8-10-15)11-16-17(23)21-18(24-16)20-14-5-3-2-4-6-14/h2-11H,1H3,(H,19,22)(H,20,21,23). The average molecular weight is 337 g/mol. The van der Waals surface area contributed by atoms with Gasteiger partial charge in [-0.2, -0.15) is 4.99 Å². The molecule has 0 aliphatic carbocycles. The Kier molecular flexibility index (Phi) is 4.77. The summed E-state index contributed by atoms with van der Waals surface area (Å²) >= 11 is 1.30. The van der Waals surface area contributed by atoms with Crippen molar-refractivity contribution in [1.82, 2.24) is 0 Å². The molecule has 0 spiro atoms. The highest BCUT2D eigenvalue weighted by Crippen LogP contribution is 2.29. The Labute approximate surface area is 143 Å². The van der Waals surface area contributed by atoms with Gasteiger partial charge < -0.3 is 10.6 Å². The highest BCUT2D eigenvalue weighted by atomic mass is 32.2. The molecule has 1 heterocycles. The Balaban J connectivity index is 1.69. The molecule has 0 saturated heterocycles. The number of anilines is 2. The monoisotopic (exact) mass is 337 g/mol. The molecule has 120 valence electrons. The van der Waals surface area contributed by atoms with Crippen molar-refractivity contribution in [2.24, 2.45) is 4.99 Å². The number of nitrogens with zero attached hydrogens (tertiary/aromatic N) is 1. The SMILES string of the molecule is CC(=O)Nc1ccc(C=C2SC(Nc3ccccc3)=NC2=O)cc1. The summed E-state index contributed by atoms with van der Waals surface area (Å²) < 4.78 is 0. The van der Waals surface area contributed by atoms with Gasteiger partial charge in [0.15, 0.2) is 5.17 Å². The number of hydrogen-bond acceptors (Lipinski definition) is 4. The fourth-order valence-electron chi connectivity index (χ4n) is 2.12. The molecule has 2 N–H and O–H groups in total. The summed E-state index contributed by atoms with van der Waals surface area (Å²) in [6.45, 7) is 1.46. The van der Waals surface area contributed by atoms with Gasteiger partial charge in [-0.25, -0.2) is 0 Å². The first-order chi connectivity index (χ1) is 11.6. The summed E-state index contributed by atoms with van der Waals surface area (Å²) in [6, 6.07) is 16.9. The molecule has 1 aliphatic rings. The summed E-state index contributed by atoms with van der Waals surface area (Å²) in [4.78, 5) is 27.6. The van der Waals surface area contributed by atoms with Crippen molar-refractivity contribution in [1.29, 1.82) is 0 Å². The lowest BCUT2D eigenvalue weighted by Crippen LogP contribution is -2.05. The quantitative estimate of drug-likeness (QED) is 0.837. The first-order valence-corrected chi connectivity index (χ1v) is 8.14. The highest BCUT2D eigenvalue weighted by Gasteiger charge is 2.21. The zero-order valence-electron chi connectivity index (χ0n) is 12.9. The summed E-state index contributed by atoms with van der Waals surface area (Å²) in [5.41, 5.74) is 2.48. The normalized spacial score (nSPS) is 15.3. The van der Waals surface area contributed by atoms with Gasteiger partial charge in [0.05, 0.1) is 4.91 Å². The van der Waals surface area contributed by atoms with E-state index in [4.69, 9.17) is 0 Å². The summed E-state index contributed by atoms with van der Waals surface area (Å²) in [6.07, 6.45) is 1.79. The first kappa shape index (κ1) is 16.0. The van der Waals surface area contributed by atoms with Crippen LogP contribution in [-0.4, -0.2) is 17.0 Å². The Morgan fingerprint density at radius 1 is 1.04 bits per heavy atom. The van der Waals surface area contributed by atoms with Crippen LogP contribution in [0.25, 0.3) is 6.08 Å². The Bertz CT molecular complexity index is 827. The molecule has 0 aromatic heterocycles. The van der Waals surface area contributed by atoms with E-state index in [1.807, 2.05) is 42.5 Å². The summed E-state index contributed by atoms with van der Waals surface area (Å²) in [5.74, 6) is -0.378. The molecule has 0 saturated carbocycles. The molecule has 0 bridgehead atoms. The molecular formula is C18H15N3O2S. The van der Waals surface area contributed by atoms with Gasteiger partial charge in [0.25, 0.3) is 5.91 Å². The van der Waals surface area contributed by atoms with Crippen molar-refractivity contribution in [3.05, 3.63) is 65.1 Å². The van der Waals surface area contributed by atoms with Crippen LogP contribution in [0.1, 0.15) is 12.5 Å². The molecule has 0 fully saturated rings. The van der Waals surface area contributed by atoms with Crippen LogP contribution >= 0.6 is 11.8 Å². The number of benzene rings is 2. The maximum absolute atomic E-state index is 12.0. The van der Waals surface area contributed by atoms with E-state index >= 15 is 0 Å². The molecule has 0 atom stereocenters. The number of aliphatic imine (C=N–C) groups is 1. The third-order valence-electron chi connectivity index (χ3n) is 3.17. The Morgan fingerprint density at radius 3 is 2.42 bits per heavy atom. The smallest absolute Gasteiger partial charge is 0.286 e. The third-order valence-corrected chi connectivity index (χ3v) is 4.07. The van der Waals surface area contributed by atoms with Gasteiger partial charge in [0.2, 0.25) is 5.91 Å². The molecule has 0 radical (unpaired) electrons. The van der Waals surface area contributed by atoms with Gasteiger partial charge in [0, 0.05) is 18.3 Å². The third kappa shape index (κ3) is 4.11. The zero-order valence-corrected chi connectivity index (χ0v) is 13.8. The second kappa shape index (κ2) is 7.14. The fourth-order valence-corrected chi connectivity index (χ4v) is 2.96. The number of hydrogen-bond donors (Lipinski definition) is 2. The van der Waals surface area contributed by atoms with Crippen molar-refractivity contribution < 1.29 is 9.59 Å². The van der Waals surface area contributed by atoms with Crippen LogP contribution in [0.15, 0.2) is 64.5 Å². The maximum Gasteiger partial charge on any atom is 0.286 e. The Morgan fingerprint density at radius 2 is 1.75 bits per heavy atom. The van der Waals surface area contributed by atoms with E-state index in [9.17, 15) is 9.59 Å². The largest absolute Gasteiger partial charge is 0.334 e. The number of nitrogens with one attached hydrogen (secondary N) is 2. The first-order valence-electron chi connectivity index (χ1n) is 7.32. The molecule has 2 aromatic rings. The topological polar surface area (TPSA) is 70.6 Å². The predicted molar refractivity (Wildman–Crippen MR) is 98.8 cm³/mol. The number of rotatable bonds is 3. The highest BCUT2D eigenvalue weighted by molar-refractivity contribution is 8.18. The van der Waals surface area contributed by atoms with Crippen molar-refractivity contribution in [3.8, 4) is 0 Å². The molecular weight excluding hydrogens is 322 g/mol. The van der Waals surface area contributed by atoms with Crippen LogP contribution in [0.3, 0.4) is 0 Å². The molecule has 6 heteroatoms. The van der Waals surface area contributed by atoms with Crippen LogP contribution in [0, 0.1) is 0 Å². The number of thioether (sulfide) groups is 1. The van der Waals surface area contributed by atoms with Gasteiger partial charge in [-0.05, 0) is 47.7 Å². The lowest BCUT2D eigenvalue weighted by Gasteiger charge is -2.04. The van der Waals surface area contributed by atoms with E-state index in [1.165, 1.54) is 18.7 Å². The van der Waals surface area contributed by atoms with Gasteiger partial charge in [-0.1, -0.05) is 30.3 Å². The molecule has 1 aliphatic heterocycles. The minimum Gasteiger partial charge on any atom is -0.334 e. The molecule has 2 amide bonds. The predicted octanol–water partition coefficient (Wildman–Crippen LogP) is 3.73. The number of carbonyl (C=O) groups excluding carboxylic acids is 2. The minimum absolute atomic E-state index is 0.118. The number of para-hydroxylation sites is 1. The van der Waals surface area contributed by atoms with E-state index in [1.54, 1.807) is 18.2 Å². The van der Waals surface area contributed by atoms with Gasteiger partial charge >= 0.3 is 0 Å². The van der Waals surface area contributed by atoms with Gasteiger partial charge in [0.1, 0.15) is 0 Å². The second-order valence-corrected chi connectivity index (χ2v) is 6.16. The van der Waals surface area contributed by atoms with Crippen LogP contribution in [-0.2, 0) is 9.59 Å².